The van der Waals surface area contributed by atoms with Gasteiger partial charge in [0.25, 0.3) is 0 Å². The summed E-state index contributed by atoms with van der Waals surface area (Å²) < 4.78 is 5.25. The van der Waals surface area contributed by atoms with Crippen LogP contribution in [0.3, 0.4) is 0 Å². The minimum absolute atomic E-state index is 0.141. The molecular formula is C8H15NO3. The Hall–Kier alpha value is -0.610. The lowest BCUT2D eigenvalue weighted by molar-refractivity contribution is -0.140. The lowest BCUT2D eigenvalue weighted by Crippen LogP contribution is -2.47. The fourth-order valence-corrected chi connectivity index (χ4v) is 1.45. The van der Waals surface area contributed by atoms with E-state index in [-0.39, 0.29) is 12.6 Å². The van der Waals surface area contributed by atoms with Crippen LogP contribution in [0.25, 0.3) is 0 Å². The van der Waals surface area contributed by atoms with Crippen LogP contribution >= 0.6 is 0 Å². The smallest absolute Gasteiger partial charge is 0.317 e. The van der Waals surface area contributed by atoms with E-state index in [2.05, 4.69) is 0 Å². The molecule has 12 heavy (non-hydrogen) atoms. The van der Waals surface area contributed by atoms with Gasteiger partial charge in [0, 0.05) is 12.6 Å². The molecule has 70 valence electrons. The van der Waals surface area contributed by atoms with Crippen molar-refractivity contribution in [1.82, 2.24) is 4.90 Å². The number of aliphatic carboxylic acids is 1. The maximum absolute atomic E-state index is 10.4. The average Bonchev–Trinajstić information content (AvgIpc) is 2.04. The van der Waals surface area contributed by atoms with Crippen molar-refractivity contribution >= 4 is 5.97 Å². The van der Waals surface area contributed by atoms with E-state index < -0.39 is 5.97 Å². The molecule has 1 aliphatic heterocycles. The van der Waals surface area contributed by atoms with Crippen molar-refractivity contribution in [3.05, 3.63) is 0 Å². The summed E-state index contributed by atoms with van der Waals surface area (Å²) in [7, 11) is 0. The van der Waals surface area contributed by atoms with Crippen molar-refractivity contribution in [2.24, 2.45) is 0 Å². The Morgan fingerprint density at radius 1 is 1.75 bits per heavy atom. The third-order valence-corrected chi connectivity index (χ3v) is 2.16. The van der Waals surface area contributed by atoms with Gasteiger partial charge in [-0.05, 0) is 6.42 Å². The van der Waals surface area contributed by atoms with Crippen LogP contribution in [0.2, 0.25) is 0 Å². The molecule has 1 aliphatic rings. The molecule has 0 bridgehead atoms. The monoisotopic (exact) mass is 173 g/mol. The van der Waals surface area contributed by atoms with Crippen LogP contribution in [-0.2, 0) is 9.53 Å². The van der Waals surface area contributed by atoms with Gasteiger partial charge in [-0.2, -0.15) is 0 Å². The van der Waals surface area contributed by atoms with Crippen LogP contribution in [0, 0.1) is 0 Å². The molecule has 0 aliphatic carbocycles. The first kappa shape index (κ1) is 9.48. The predicted octanol–water partition coefficient (Wildman–Crippen LogP) is 0.182. The number of carboxylic acid groups (broad SMARTS) is 1. The zero-order valence-electron chi connectivity index (χ0n) is 7.32. The van der Waals surface area contributed by atoms with E-state index in [1.165, 1.54) is 0 Å². The van der Waals surface area contributed by atoms with Crippen LogP contribution in [0.15, 0.2) is 0 Å². The van der Waals surface area contributed by atoms with Crippen LogP contribution in [0.5, 0.6) is 0 Å². The topological polar surface area (TPSA) is 49.8 Å². The zero-order valence-corrected chi connectivity index (χ0v) is 7.32. The highest BCUT2D eigenvalue weighted by atomic mass is 16.5. The van der Waals surface area contributed by atoms with Crippen molar-refractivity contribution in [2.75, 3.05) is 26.3 Å². The molecule has 1 N–H and O–H groups in total. The molecule has 0 aromatic heterocycles. The fourth-order valence-electron chi connectivity index (χ4n) is 1.45. The van der Waals surface area contributed by atoms with Gasteiger partial charge in [-0.15, -0.1) is 0 Å². The molecule has 1 heterocycles. The number of nitrogens with zero attached hydrogens (tertiary/aromatic N) is 1. The Bertz CT molecular complexity index is 160. The second-order valence-corrected chi connectivity index (χ2v) is 3.00. The summed E-state index contributed by atoms with van der Waals surface area (Å²) in [6.07, 6.45) is 0.952. The summed E-state index contributed by atoms with van der Waals surface area (Å²) in [5, 5.41) is 8.60. The Kier molecular flexibility index (Phi) is 3.49. The van der Waals surface area contributed by atoms with Crippen molar-refractivity contribution in [2.45, 2.75) is 19.4 Å². The first-order valence-electron chi connectivity index (χ1n) is 4.27. The van der Waals surface area contributed by atoms with E-state index in [0.717, 1.165) is 13.0 Å². The lowest BCUT2D eigenvalue weighted by atomic mass is 10.2. The summed E-state index contributed by atoms with van der Waals surface area (Å²) in [5.74, 6) is -0.754. The van der Waals surface area contributed by atoms with Gasteiger partial charge in [0.2, 0.25) is 0 Å². The molecule has 0 aromatic carbocycles. The van der Waals surface area contributed by atoms with E-state index in [4.69, 9.17) is 9.84 Å². The predicted molar refractivity (Wildman–Crippen MR) is 44.1 cm³/mol. The SMILES string of the molecule is CCC1COCCN1CC(=O)O. The van der Waals surface area contributed by atoms with Crippen molar-refractivity contribution in [3.63, 3.8) is 0 Å². The van der Waals surface area contributed by atoms with E-state index in [1.807, 2.05) is 11.8 Å². The molecule has 0 spiro atoms. The first-order valence-corrected chi connectivity index (χ1v) is 4.27. The van der Waals surface area contributed by atoms with Crippen LogP contribution in [0.4, 0.5) is 0 Å². The number of morpholine rings is 1. The number of ether oxygens (including phenoxy) is 1. The minimum Gasteiger partial charge on any atom is -0.480 e. The zero-order chi connectivity index (χ0) is 8.97. The molecule has 1 saturated heterocycles. The molecule has 1 unspecified atom stereocenters. The van der Waals surface area contributed by atoms with Gasteiger partial charge < -0.3 is 9.84 Å². The molecule has 1 atom stereocenters. The number of hydrogen-bond acceptors (Lipinski definition) is 3. The van der Waals surface area contributed by atoms with E-state index in [9.17, 15) is 4.79 Å². The number of rotatable bonds is 3. The highest BCUT2D eigenvalue weighted by Crippen LogP contribution is 2.08. The highest BCUT2D eigenvalue weighted by Gasteiger charge is 2.22. The fraction of sp³-hybridized carbons (Fsp3) is 0.875. The van der Waals surface area contributed by atoms with Crippen LogP contribution < -0.4 is 0 Å². The lowest BCUT2D eigenvalue weighted by Gasteiger charge is -2.33. The molecule has 0 amide bonds. The molecule has 0 aromatic rings. The molecule has 1 rings (SSSR count). The quantitative estimate of drug-likeness (QED) is 0.661. The maximum atomic E-state index is 10.4. The van der Waals surface area contributed by atoms with Gasteiger partial charge >= 0.3 is 5.97 Å². The Morgan fingerprint density at radius 2 is 2.50 bits per heavy atom. The summed E-state index contributed by atoms with van der Waals surface area (Å²) in [6, 6.07) is 0.287. The van der Waals surface area contributed by atoms with Gasteiger partial charge in [0.1, 0.15) is 0 Å². The molecule has 4 heteroatoms. The number of hydrogen-bond donors (Lipinski definition) is 1. The number of carbonyl (C=O) groups is 1. The highest BCUT2D eigenvalue weighted by molar-refractivity contribution is 5.69. The molecule has 0 radical (unpaired) electrons. The minimum atomic E-state index is -0.754. The average molecular weight is 173 g/mol. The number of carboxylic acids is 1. The Balaban J connectivity index is 2.41. The van der Waals surface area contributed by atoms with Gasteiger partial charge in [0.05, 0.1) is 19.8 Å². The van der Waals surface area contributed by atoms with Crippen LogP contribution in [-0.4, -0.2) is 48.3 Å². The van der Waals surface area contributed by atoms with Gasteiger partial charge in [-0.1, -0.05) is 6.92 Å². The van der Waals surface area contributed by atoms with Gasteiger partial charge in [-0.3, -0.25) is 9.69 Å². The van der Waals surface area contributed by atoms with Crippen molar-refractivity contribution in [3.8, 4) is 0 Å². The summed E-state index contributed by atoms with van der Waals surface area (Å²) in [5.41, 5.74) is 0. The first-order chi connectivity index (χ1) is 5.74. The van der Waals surface area contributed by atoms with E-state index in [0.29, 0.717) is 13.2 Å². The summed E-state index contributed by atoms with van der Waals surface area (Å²) >= 11 is 0. The third-order valence-electron chi connectivity index (χ3n) is 2.16. The van der Waals surface area contributed by atoms with Gasteiger partial charge in [0.15, 0.2) is 0 Å². The van der Waals surface area contributed by atoms with Gasteiger partial charge in [-0.25, -0.2) is 0 Å². The normalized spacial score (nSPS) is 25.6. The Labute approximate surface area is 72.1 Å². The third kappa shape index (κ3) is 2.46. The molecular weight excluding hydrogens is 158 g/mol. The second-order valence-electron chi connectivity index (χ2n) is 3.00. The summed E-state index contributed by atoms with van der Waals surface area (Å²) in [4.78, 5) is 12.4. The molecule has 0 saturated carbocycles. The van der Waals surface area contributed by atoms with Crippen molar-refractivity contribution in [1.29, 1.82) is 0 Å². The van der Waals surface area contributed by atoms with Crippen molar-refractivity contribution < 1.29 is 14.6 Å². The summed E-state index contributed by atoms with van der Waals surface area (Å²) in [6.45, 7) is 4.26. The molecule has 1 fully saturated rings. The largest absolute Gasteiger partial charge is 0.480 e. The second kappa shape index (κ2) is 4.42. The molecule has 4 nitrogen and oxygen atoms in total. The standard InChI is InChI=1S/C8H15NO3/c1-2-7-6-12-4-3-9(7)5-8(10)11/h7H,2-6H2,1H3,(H,10,11). The van der Waals surface area contributed by atoms with E-state index in [1.54, 1.807) is 0 Å². The van der Waals surface area contributed by atoms with Crippen LogP contribution in [0.1, 0.15) is 13.3 Å². The van der Waals surface area contributed by atoms with E-state index >= 15 is 0 Å². The Morgan fingerprint density at radius 3 is 3.08 bits per heavy atom. The maximum Gasteiger partial charge on any atom is 0.317 e.